The maximum atomic E-state index is 13.3. The Balaban J connectivity index is 1.73. The number of nitrogens with one attached hydrogen (secondary N) is 1. The van der Waals surface area contributed by atoms with Crippen LogP contribution in [0.2, 0.25) is 0 Å². The van der Waals surface area contributed by atoms with Gasteiger partial charge in [-0.2, -0.15) is 5.10 Å². The van der Waals surface area contributed by atoms with E-state index in [1.807, 2.05) is 6.92 Å². The van der Waals surface area contributed by atoms with Gasteiger partial charge in [-0.05, 0) is 68.2 Å². The van der Waals surface area contributed by atoms with Crippen molar-refractivity contribution in [1.82, 2.24) is 5.43 Å². The van der Waals surface area contributed by atoms with Gasteiger partial charge < -0.3 is 0 Å². The molecule has 0 unspecified atom stereocenters. The lowest BCUT2D eigenvalue weighted by Crippen LogP contribution is -2.40. The van der Waals surface area contributed by atoms with E-state index in [1.165, 1.54) is 0 Å². The van der Waals surface area contributed by atoms with Crippen molar-refractivity contribution in [3.05, 3.63) is 60.2 Å². The van der Waals surface area contributed by atoms with Crippen LogP contribution in [0.1, 0.15) is 52.0 Å². The second-order valence-electron chi connectivity index (χ2n) is 9.51. The monoisotopic (exact) mass is 455 g/mol. The van der Waals surface area contributed by atoms with Crippen molar-refractivity contribution < 1.29 is 13.2 Å². The van der Waals surface area contributed by atoms with Crippen LogP contribution >= 0.6 is 0 Å². The third-order valence-electron chi connectivity index (χ3n) is 6.07. The van der Waals surface area contributed by atoms with Crippen LogP contribution in [0.4, 0.5) is 5.69 Å². The average molecular weight is 456 g/mol. The van der Waals surface area contributed by atoms with Crippen LogP contribution < -0.4 is 9.73 Å². The van der Waals surface area contributed by atoms with E-state index in [1.54, 1.807) is 54.6 Å². The summed E-state index contributed by atoms with van der Waals surface area (Å²) in [6, 6.07) is 15.3. The summed E-state index contributed by atoms with van der Waals surface area (Å²) >= 11 is 0. The maximum absolute atomic E-state index is 13.3. The number of nitrogens with zero attached hydrogens (tertiary/aromatic N) is 2. The number of carbonyl (C=O) groups is 1. The Hall–Kier alpha value is -2.67. The van der Waals surface area contributed by atoms with Crippen LogP contribution in [0, 0.1) is 18.3 Å². The van der Waals surface area contributed by atoms with Gasteiger partial charge in [0, 0.05) is 5.71 Å². The summed E-state index contributed by atoms with van der Waals surface area (Å²) < 4.78 is 27.8. The highest BCUT2D eigenvalue weighted by atomic mass is 32.2. The van der Waals surface area contributed by atoms with Gasteiger partial charge in [0.25, 0.3) is 15.9 Å². The van der Waals surface area contributed by atoms with Crippen molar-refractivity contribution in [2.75, 3.05) is 10.8 Å². The minimum atomic E-state index is -3.91. The first kappa shape index (κ1) is 24.0. The number of sulfonamides is 1. The van der Waals surface area contributed by atoms with Crippen LogP contribution in [0.3, 0.4) is 0 Å². The van der Waals surface area contributed by atoms with Crippen LogP contribution in [0.5, 0.6) is 0 Å². The first-order valence-electron chi connectivity index (χ1n) is 11.1. The van der Waals surface area contributed by atoms with Crippen LogP contribution in [-0.4, -0.2) is 26.6 Å². The van der Waals surface area contributed by atoms with Gasteiger partial charge >= 0.3 is 0 Å². The minimum Gasteiger partial charge on any atom is -0.271 e. The molecule has 3 rings (SSSR count). The lowest BCUT2D eigenvalue weighted by Gasteiger charge is -2.34. The van der Waals surface area contributed by atoms with Gasteiger partial charge in [-0.25, -0.2) is 13.8 Å². The van der Waals surface area contributed by atoms with Crippen molar-refractivity contribution in [1.29, 1.82) is 0 Å². The summed E-state index contributed by atoms with van der Waals surface area (Å²) in [6.07, 6.45) is 3.81. The molecule has 1 aliphatic carbocycles. The third-order valence-corrected chi connectivity index (χ3v) is 7.85. The summed E-state index contributed by atoms with van der Waals surface area (Å²) in [7, 11) is -3.91. The standard InChI is InChI=1S/C25H33N3O3S/c1-19-10-16-23(17-11-19)32(30,31)28(22-8-6-5-7-9-22)18-24(29)27-26-21-14-12-20(13-15-21)25(2,3)4/h5-11,16-17,20H,12-15,18H2,1-4H3,(H,27,29). The fraction of sp³-hybridized carbons (Fsp3) is 0.440. The highest BCUT2D eigenvalue weighted by Gasteiger charge is 2.29. The molecule has 0 atom stereocenters. The molecule has 0 radical (unpaired) electrons. The number of benzene rings is 2. The van der Waals surface area contributed by atoms with E-state index >= 15 is 0 Å². The SMILES string of the molecule is Cc1ccc(S(=O)(=O)N(CC(=O)NN=C2CCC(C(C)(C)C)CC2)c2ccccc2)cc1. The quantitative estimate of drug-likeness (QED) is 0.629. The number of anilines is 1. The van der Waals surface area contributed by atoms with E-state index in [2.05, 4.69) is 31.3 Å². The second-order valence-corrected chi connectivity index (χ2v) is 11.4. The number of hydrogen-bond donors (Lipinski definition) is 1. The predicted octanol–water partition coefficient (Wildman–Crippen LogP) is 4.90. The Morgan fingerprint density at radius 1 is 1.03 bits per heavy atom. The van der Waals surface area contributed by atoms with Gasteiger partial charge in [0.1, 0.15) is 6.54 Å². The molecule has 0 saturated heterocycles. The van der Waals surface area contributed by atoms with Gasteiger partial charge in [0.05, 0.1) is 10.6 Å². The van der Waals surface area contributed by atoms with Crippen LogP contribution in [-0.2, 0) is 14.8 Å². The normalized spacial score (nSPS) is 17.0. The Kier molecular flexibility index (Phi) is 7.39. The lowest BCUT2D eigenvalue weighted by molar-refractivity contribution is -0.119. The molecule has 0 aromatic heterocycles. The Bertz CT molecular complexity index is 1050. The van der Waals surface area contributed by atoms with Crippen molar-refractivity contribution >= 4 is 27.3 Å². The fourth-order valence-electron chi connectivity index (χ4n) is 3.98. The summed E-state index contributed by atoms with van der Waals surface area (Å²) in [5.41, 5.74) is 5.21. The van der Waals surface area contributed by atoms with Crippen LogP contribution in [0.15, 0.2) is 64.6 Å². The van der Waals surface area contributed by atoms with Gasteiger partial charge in [-0.1, -0.05) is 56.7 Å². The zero-order chi connectivity index (χ0) is 23.4. The summed E-state index contributed by atoms with van der Waals surface area (Å²) in [4.78, 5) is 12.8. The highest BCUT2D eigenvalue weighted by Crippen LogP contribution is 2.36. The zero-order valence-corrected chi connectivity index (χ0v) is 20.2. The number of rotatable bonds is 6. The first-order valence-corrected chi connectivity index (χ1v) is 12.5. The molecule has 0 heterocycles. The molecule has 0 spiro atoms. The minimum absolute atomic E-state index is 0.145. The number of hydrogen-bond acceptors (Lipinski definition) is 4. The Morgan fingerprint density at radius 3 is 2.19 bits per heavy atom. The number of amides is 1. The summed E-state index contributed by atoms with van der Waals surface area (Å²) in [6.45, 7) is 8.32. The van der Waals surface area contributed by atoms with E-state index in [9.17, 15) is 13.2 Å². The van der Waals surface area contributed by atoms with E-state index in [0.717, 1.165) is 41.3 Å². The molecular formula is C25H33N3O3S. The molecular weight excluding hydrogens is 422 g/mol. The topological polar surface area (TPSA) is 78.8 Å². The molecule has 6 nitrogen and oxygen atoms in total. The van der Waals surface area contributed by atoms with E-state index in [0.29, 0.717) is 11.6 Å². The van der Waals surface area contributed by atoms with Gasteiger partial charge in [-0.3, -0.25) is 9.10 Å². The Morgan fingerprint density at radius 2 is 1.62 bits per heavy atom. The van der Waals surface area contributed by atoms with Gasteiger partial charge in [0.15, 0.2) is 0 Å². The number of para-hydroxylation sites is 1. The predicted molar refractivity (Wildman–Crippen MR) is 129 cm³/mol. The average Bonchev–Trinajstić information content (AvgIpc) is 2.76. The van der Waals surface area contributed by atoms with Crippen molar-refractivity contribution in [2.45, 2.75) is 58.3 Å². The lowest BCUT2D eigenvalue weighted by atomic mass is 9.72. The number of carbonyl (C=O) groups excluding carboxylic acids is 1. The molecule has 32 heavy (non-hydrogen) atoms. The Labute approximate surface area is 191 Å². The molecule has 2 aromatic carbocycles. The van der Waals surface area contributed by atoms with Gasteiger partial charge in [-0.15, -0.1) is 0 Å². The van der Waals surface area contributed by atoms with Crippen molar-refractivity contribution in [3.8, 4) is 0 Å². The summed E-state index contributed by atoms with van der Waals surface area (Å²) in [5.74, 6) is 0.181. The molecule has 1 fully saturated rings. The van der Waals surface area contributed by atoms with Crippen molar-refractivity contribution in [3.63, 3.8) is 0 Å². The molecule has 7 heteroatoms. The van der Waals surface area contributed by atoms with E-state index < -0.39 is 15.9 Å². The summed E-state index contributed by atoms with van der Waals surface area (Å²) in [5, 5.41) is 4.31. The largest absolute Gasteiger partial charge is 0.271 e. The fourth-order valence-corrected chi connectivity index (χ4v) is 5.40. The smallest absolute Gasteiger partial charge is 0.264 e. The van der Waals surface area contributed by atoms with E-state index in [4.69, 9.17) is 0 Å². The molecule has 1 saturated carbocycles. The third kappa shape index (κ3) is 5.97. The van der Waals surface area contributed by atoms with E-state index in [-0.39, 0.29) is 16.9 Å². The number of hydrazone groups is 1. The molecule has 0 bridgehead atoms. The first-order chi connectivity index (χ1) is 15.1. The molecule has 1 N–H and O–H groups in total. The molecule has 2 aromatic rings. The van der Waals surface area contributed by atoms with Gasteiger partial charge in [0.2, 0.25) is 0 Å². The zero-order valence-electron chi connectivity index (χ0n) is 19.3. The second kappa shape index (κ2) is 9.86. The molecule has 0 aliphatic heterocycles. The maximum Gasteiger partial charge on any atom is 0.264 e. The molecule has 1 amide bonds. The van der Waals surface area contributed by atoms with Crippen LogP contribution in [0.25, 0.3) is 0 Å². The highest BCUT2D eigenvalue weighted by molar-refractivity contribution is 7.92. The van der Waals surface area contributed by atoms with Crippen molar-refractivity contribution in [2.24, 2.45) is 16.4 Å². The molecule has 1 aliphatic rings. The number of aryl methyl sites for hydroxylation is 1. The molecule has 172 valence electrons.